The second-order valence-corrected chi connectivity index (χ2v) is 33.3. The highest BCUT2D eigenvalue weighted by molar-refractivity contribution is 6.12. The number of aryl methyl sites for hydroxylation is 13. The van der Waals surface area contributed by atoms with Gasteiger partial charge in [0.05, 0.1) is 22.3 Å². The van der Waals surface area contributed by atoms with Crippen LogP contribution < -0.4 is 18.3 Å². The molecule has 0 spiro atoms. The fraction of sp³-hybridized carbons (Fsp3) is 0.185. The van der Waals surface area contributed by atoms with Gasteiger partial charge in [-0.05, 0) is 219 Å². The molecule has 0 radical (unpaired) electrons. The van der Waals surface area contributed by atoms with Crippen LogP contribution in [0.2, 0.25) is 0 Å². The highest BCUT2D eigenvalue weighted by atomic mass is 19.1. The predicted octanol–water partition coefficient (Wildman–Crippen LogP) is 25.8. The maximum absolute atomic E-state index is 13.3. The first-order valence-electron chi connectivity index (χ1n) is 41.6. The number of hydrogen-bond donors (Lipinski definition) is 0. The molecular weight excluding hydrogens is 1490 g/mol. The van der Waals surface area contributed by atoms with Gasteiger partial charge in [0.15, 0.2) is 47.1 Å². The number of hydrogen-bond acceptors (Lipinski definition) is 8. The molecule has 0 N–H and O–H groups in total. The molecule has 598 valence electrons. The minimum atomic E-state index is -0.235. The summed E-state index contributed by atoms with van der Waals surface area (Å²) in [6, 6.07) is 84.2. The van der Waals surface area contributed by atoms with Gasteiger partial charge in [0.2, 0.25) is 45.6 Å². The smallest absolute Gasteiger partial charge is 0.227 e. The molecule has 0 aliphatic carbocycles. The molecule has 0 unspecified atom stereocenters. The standard InChI is InChI=1S/C29H29N2O.C28H27N2O.C26H23N2O.C25H20FN2O/c1-18(2)16-21-8-10-22(11-9-21)23-14-15-31(5)26(17-23)27-19(3)6-12-24-25-13-7-20(4)30-29(25)32-28(24)27;1-17(2)20-8-10-21(11-9-20)22-14-15-30(5)25(16-22)26-18(3)6-12-23-24-13-7-19(4)29-28(24)31-27(23)26;1-16-5-9-19(10-6-16)20-13-14-28(4)23(15-20)24-17(2)7-11-21-22-12-8-18(3)27-26(22)29-25(21)24;1-15-4-10-20-21-11-5-16(2)27-25(21)29-24(20)23(15)22-14-18(12-13-28(22)3)17-6-8-19(26)9-7-17/h6-15,17-18H,16H2,1-5H3;6-17H,1-5H3;5-15H,1-4H3;4-14H,1-3H3/q4*+1. The van der Waals surface area contributed by atoms with Crippen molar-refractivity contribution >= 4 is 88.3 Å². The Morgan fingerprint density at radius 2 is 0.537 bits per heavy atom. The fourth-order valence-electron chi connectivity index (χ4n) is 16.7. The average molecular weight is 1590 g/mol. The molecule has 13 heteroatoms. The van der Waals surface area contributed by atoms with Gasteiger partial charge in [-0.25, -0.2) is 42.6 Å². The molecule has 12 aromatic heterocycles. The van der Waals surface area contributed by atoms with E-state index in [9.17, 15) is 4.39 Å². The van der Waals surface area contributed by atoms with Crippen molar-refractivity contribution in [2.45, 2.75) is 102 Å². The number of furan rings is 4. The highest BCUT2D eigenvalue weighted by Crippen LogP contribution is 2.43. The lowest BCUT2D eigenvalue weighted by atomic mass is 9.96. The summed E-state index contributed by atoms with van der Waals surface area (Å²) in [5.41, 5.74) is 36.9. The Morgan fingerprint density at radius 1 is 0.281 bits per heavy atom. The van der Waals surface area contributed by atoms with E-state index in [1.165, 1.54) is 78.9 Å². The van der Waals surface area contributed by atoms with Gasteiger partial charge in [0.25, 0.3) is 0 Å². The Bertz CT molecular complexity index is 7180. The first-order valence-corrected chi connectivity index (χ1v) is 41.6. The number of nitrogens with zero attached hydrogens (tertiary/aromatic N) is 8. The van der Waals surface area contributed by atoms with Crippen LogP contribution in [-0.2, 0) is 34.6 Å². The average Bonchev–Trinajstić information content (AvgIpc) is 1.63. The molecule has 12 heterocycles. The van der Waals surface area contributed by atoms with E-state index < -0.39 is 0 Å². The number of benzene rings is 8. The molecule has 0 saturated carbocycles. The van der Waals surface area contributed by atoms with E-state index in [-0.39, 0.29) is 5.82 Å². The first kappa shape index (κ1) is 79.6. The maximum Gasteiger partial charge on any atom is 0.227 e. The van der Waals surface area contributed by atoms with E-state index in [4.69, 9.17) is 17.7 Å². The molecule has 0 amide bonds. The lowest BCUT2D eigenvalue weighted by molar-refractivity contribution is -0.660. The quantitative estimate of drug-likeness (QED) is 0.117. The molecule has 20 rings (SSSR count). The largest absolute Gasteiger partial charge is 0.437 e. The van der Waals surface area contributed by atoms with Crippen LogP contribution in [0.15, 0.2) is 285 Å². The van der Waals surface area contributed by atoms with Gasteiger partial charge in [-0.1, -0.05) is 167 Å². The van der Waals surface area contributed by atoms with Crippen molar-refractivity contribution in [1.82, 2.24) is 19.9 Å². The molecule has 20 aromatic rings. The molecule has 0 aliphatic rings. The second-order valence-electron chi connectivity index (χ2n) is 33.3. The van der Waals surface area contributed by atoms with Crippen LogP contribution in [0.3, 0.4) is 0 Å². The van der Waals surface area contributed by atoms with Gasteiger partial charge in [-0.3, -0.25) is 0 Å². The van der Waals surface area contributed by atoms with Crippen LogP contribution in [-0.4, -0.2) is 19.9 Å². The SMILES string of the molecule is Cc1ccc(-c2cc[n+](C)c(-c3c(C)ccc4c3oc3nc(C)ccc34)c2)cc1.Cc1ccc2c(n1)oc1c(-c3cc(-c4ccc(C(C)C)cc4)cc[n+]3C)c(C)ccc12.Cc1ccc2c(n1)oc1c(-c3cc(-c4ccc(CC(C)C)cc4)cc[n+]3C)c(C)ccc12.Cc1ccc2c(n1)oc1c(-c3cc(-c4ccc(F)cc4)cc[n+]3C)c(C)ccc12. The van der Waals surface area contributed by atoms with Crippen LogP contribution >= 0.6 is 0 Å². The van der Waals surface area contributed by atoms with Gasteiger partial charge < -0.3 is 17.7 Å². The van der Waals surface area contributed by atoms with Gasteiger partial charge in [-0.15, -0.1) is 0 Å². The number of halogens is 1. The van der Waals surface area contributed by atoms with Crippen molar-refractivity contribution in [2.75, 3.05) is 0 Å². The Kier molecular flexibility index (Phi) is 21.5. The molecule has 8 aromatic carbocycles. The summed E-state index contributed by atoms with van der Waals surface area (Å²) in [5.74, 6) is 0.957. The van der Waals surface area contributed by atoms with Crippen molar-refractivity contribution in [3.8, 4) is 89.5 Å². The van der Waals surface area contributed by atoms with E-state index in [1.807, 2.05) is 71.3 Å². The van der Waals surface area contributed by atoms with Crippen LogP contribution in [0.1, 0.15) is 95.3 Å². The zero-order chi connectivity index (χ0) is 84.3. The fourth-order valence-corrected chi connectivity index (χ4v) is 16.7. The van der Waals surface area contributed by atoms with E-state index >= 15 is 0 Å². The summed E-state index contributed by atoms with van der Waals surface area (Å²) in [5, 5.41) is 8.57. The summed E-state index contributed by atoms with van der Waals surface area (Å²) in [6.07, 6.45) is 9.52. The van der Waals surface area contributed by atoms with Crippen LogP contribution in [0, 0.1) is 74.0 Å². The lowest BCUT2D eigenvalue weighted by Gasteiger charge is -2.09. The van der Waals surface area contributed by atoms with Gasteiger partial charge in [0.1, 0.15) is 34.0 Å². The normalized spacial score (nSPS) is 11.6. The molecule has 0 bridgehead atoms. The molecular formula is C108H99FN8O4+4. The summed E-state index contributed by atoms with van der Waals surface area (Å²) in [6.45, 7) is 27.5. The van der Waals surface area contributed by atoms with E-state index in [0.29, 0.717) is 34.7 Å². The van der Waals surface area contributed by atoms with Crippen molar-refractivity contribution in [3.05, 3.63) is 335 Å². The van der Waals surface area contributed by atoms with Crippen molar-refractivity contribution in [2.24, 2.45) is 34.1 Å². The highest BCUT2D eigenvalue weighted by Gasteiger charge is 2.28. The third kappa shape index (κ3) is 15.8. The minimum absolute atomic E-state index is 0.235. The second kappa shape index (κ2) is 32.8. The number of fused-ring (bicyclic) bond motifs is 12. The molecule has 12 nitrogen and oxygen atoms in total. The first-order chi connectivity index (χ1) is 58.3. The molecule has 0 fully saturated rings. The monoisotopic (exact) mass is 1590 g/mol. The minimum Gasteiger partial charge on any atom is -0.437 e. The Morgan fingerprint density at radius 3 is 0.810 bits per heavy atom. The number of aromatic nitrogens is 8. The Labute approximate surface area is 705 Å². The zero-order valence-electron chi connectivity index (χ0n) is 71.9. The summed E-state index contributed by atoms with van der Waals surface area (Å²) in [7, 11) is 8.28. The van der Waals surface area contributed by atoms with Gasteiger partial charge >= 0.3 is 0 Å². The summed E-state index contributed by atoms with van der Waals surface area (Å²) in [4.78, 5) is 18.4. The van der Waals surface area contributed by atoms with Crippen LogP contribution in [0.4, 0.5) is 4.39 Å². The molecule has 0 atom stereocenters. The van der Waals surface area contributed by atoms with Crippen LogP contribution in [0.5, 0.6) is 0 Å². The number of rotatable bonds is 11. The molecule has 0 saturated heterocycles. The summed E-state index contributed by atoms with van der Waals surface area (Å²) < 4.78 is 47.1. The van der Waals surface area contributed by atoms with Crippen molar-refractivity contribution in [1.29, 1.82) is 0 Å². The van der Waals surface area contributed by atoms with E-state index in [2.05, 4.69) is 328 Å². The Balaban J connectivity index is 0.000000115. The Hall–Kier alpha value is -13.9. The van der Waals surface area contributed by atoms with Gasteiger partial charge in [-0.2, -0.15) is 0 Å². The molecule has 121 heavy (non-hydrogen) atoms. The third-order valence-corrected chi connectivity index (χ3v) is 23.4. The molecule has 0 aliphatic heterocycles. The number of pyridine rings is 8. The zero-order valence-corrected chi connectivity index (χ0v) is 71.9. The third-order valence-electron chi connectivity index (χ3n) is 23.4. The predicted molar refractivity (Wildman–Crippen MR) is 489 cm³/mol. The van der Waals surface area contributed by atoms with E-state index in [1.54, 1.807) is 12.1 Å². The van der Waals surface area contributed by atoms with Crippen molar-refractivity contribution in [3.63, 3.8) is 0 Å². The topological polar surface area (TPSA) is 120 Å². The summed E-state index contributed by atoms with van der Waals surface area (Å²) >= 11 is 0. The lowest BCUT2D eigenvalue weighted by Crippen LogP contribution is -2.30. The van der Waals surface area contributed by atoms with Gasteiger partial charge in [0, 0.05) is 114 Å². The van der Waals surface area contributed by atoms with Crippen molar-refractivity contribution < 1.29 is 40.3 Å². The maximum atomic E-state index is 13.3. The van der Waals surface area contributed by atoms with E-state index in [0.717, 1.165) is 156 Å². The van der Waals surface area contributed by atoms with Crippen LogP contribution in [0.25, 0.3) is 178 Å².